The van der Waals surface area contributed by atoms with Crippen molar-refractivity contribution >= 4 is 0 Å². The smallest absolute Gasteiger partial charge is 0.0129 e. The van der Waals surface area contributed by atoms with E-state index < -0.39 is 0 Å². The molecule has 4 rings (SSSR count). The van der Waals surface area contributed by atoms with Crippen LogP contribution in [-0.2, 0) is 0 Å². The lowest BCUT2D eigenvalue weighted by Crippen LogP contribution is -2.51. The zero-order valence-electron chi connectivity index (χ0n) is 14.1. The van der Waals surface area contributed by atoms with Crippen molar-refractivity contribution in [3.05, 3.63) is 0 Å². The summed E-state index contributed by atoms with van der Waals surface area (Å²) in [6.45, 7) is 0. The summed E-state index contributed by atoms with van der Waals surface area (Å²) in [5.41, 5.74) is 0. The van der Waals surface area contributed by atoms with Crippen LogP contribution in [0, 0.1) is 23.7 Å². The van der Waals surface area contributed by atoms with E-state index in [1.54, 1.807) is 32.1 Å². The summed E-state index contributed by atoms with van der Waals surface area (Å²) in [7, 11) is 2.45. The summed E-state index contributed by atoms with van der Waals surface area (Å²) in [4.78, 5) is 2.82. The predicted molar refractivity (Wildman–Crippen MR) is 89.3 cm³/mol. The zero-order chi connectivity index (χ0) is 14.2. The van der Waals surface area contributed by atoms with Gasteiger partial charge in [-0.1, -0.05) is 64.2 Å². The van der Waals surface area contributed by atoms with Gasteiger partial charge < -0.3 is 4.90 Å². The first-order valence-electron chi connectivity index (χ1n) is 10.1. The quantitative estimate of drug-likeness (QED) is 0.671. The Hall–Kier alpha value is -0.0400. The van der Waals surface area contributed by atoms with Crippen LogP contribution in [0.3, 0.4) is 0 Å². The Labute approximate surface area is 131 Å². The second-order valence-corrected chi connectivity index (χ2v) is 8.74. The Balaban J connectivity index is 1.56. The number of fused-ring (bicyclic) bond motifs is 2. The Morgan fingerprint density at radius 2 is 1.29 bits per heavy atom. The Morgan fingerprint density at radius 1 is 0.667 bits per heavy atom. The highest BCUT2D eigenvalue weighted by Gasteiger charge is 2.50. The largest absolute Gasteiger partial charge is 0.300 e. The number of nitrogens with zero attached hydrogens (tertiary/aromatic N) is 1. The van der Waals surface area contributed by atoms with E-state index in [0.29, 0.717) is 0 Å². The van der Waals surface area contributed by atoms with Crippen LogP contribution in [0.2, 0.25) is 0 Å². The second kappa shape index (κ2) is 6.22. The number of hydrogen-bond donors (Lipinski definition) is 0. The molecule has 0 aromatic carbocycles. The molecule has 1 nitrogen and oxygen atoms in total. The average molecular weight is 290 g/mol. The highest BCUT2D eigenvalue weighted by molar-refractivity contribution is 5.02. The van der Waals surface area contributed by atoms with Crippen molar-refractivity contribution in [1.29, 1.82) is 0 Å². The number of piperidine rings is 1. The fourth-order valence-electron chi connectivity index (χ4n) is 6.80. The van der Waals surface area contributed by atoms with Crippen molar-refractivity contribution in [3.8, 4) is 0 Å². The van der Waals surface area contributed by atoms with E-state index in [0.717, 1.165) is 35.8 Å². The second-order valence-electron chi connectivity index (χ2n) is 8.74. The van der Waals surface area contributed by atoms with Crippen LogP contribution in [0.5, 0.6) is 0 Å². The lowest BCUT2D eigenvalue weighted by Gasteiger charge is -2.50. The van der Waals surface area contributed by atoms with E-state index in [-0.39, 0.29) is 0 Å². The van der Waals surface area contributed by atoms with Crippen molar-refractivity contribution < 1.29 is 0 Å². The average Bonchev–Trinajstić information content (AvgIpc) is 2.79. The topological polar surface area (TPSA) is 3.24 Å². The summed E-state index contributed by atoms with van der Waals surface area (Å²) >= 11 is 0. The molecule has 0 N–H and O–H groups in total. The lowest BCUT2D eigenvalue weighted by atomic mass is 9.62. The first kappa shape index (κ1) is 14.5. The lowest BCUT2D eigenvalue weighted by molar-refractivity contribution is -0.0138. The molecular weight excluding hydrogens is 254 g/mol. The first-order chi connectivity index (χ1) is 10.3. The van der Waals surface area contributed by atoms with Gasteiger partial charge in [0, 0.05) is 12.1 Å². The molecule has 2 aliphatic carbocycles. The first-order valence-corrected chi connectivity index (χ1v) is 10.1. The summed E-state index contributed by atoms with van der Waals surface area (Å²) in [5.74, 6) is 4.35. The summed E-state index contributed by atoms with van der Waals surface area (Å²) < 4.78 is 0. The molecule has 4 atom stereocenters. The molecule has 2 bridgehead atoms. The highest BCUT2D eigenvalue weighted by atomic mass is 15.2. The SMILES string of the molecule is CN1C2CC[C@@H]1C[C@H](C1CCCCC1)C2C1CCCCC1. The van der Waals surface area contributed by atoms with Gasteiger partial charge in [-0.2, -0.15) is 0 Å². The normalized spacial score (nSPS) is 43.3. The van der Waals surface area contributed by atoms with Crippen LogP contribution in [0.15, 0.2) is 0 Å². The fourth-order valence-corrected chi connectivity index (χ4v) is 6.80. The van der Waals surface area contributed by atoms with Gasteiger partial charge in [-0.25, -0.2) is 0 Å². The molecule has 2 aliphatic heterocycles. The molecule has 21 heavy (non-hydrogen) atoms. The van der Waals surface area contributed by atoms with Crippen molar-refractivity contribution in [2.45, 2.75) is 95.6 Å². The van der Waals surface area contributed by atoms with Gasteiger partial charge in [-0.3, -0.25) is 0 Å². The van der Waals surface area contributed by atoms with E-state index in [9.17, 15) is 0 Å². The van der Waals surface area contributed by atoms with Gasteiger partial charge >= 0.3 is 0 Å². The number of hydrogen-bond acceptors (Lipinski definition) is 1. The third-order valence-corrected chi connectivity index (χ3v) is 7.83. The molecule has 4 fully saturated rings. The Bertz CT molecular complexity index is 340. The Kier molecular flexibility index (Phi) is 4.31. The van der Waals surface area contributed by atoms with Crippen molar-refractivity contribution in [1.82, 2.24) is 4.90 Å². The van der Waals surface area contributed by atoms with E-state index in [1.165, 1.54) is 51.4 Å². The number of rotatable bonds is 2. The van der Waals surface area contributed by atoms with Crippen LogP contribution < -0.4 is 0 Å². The summed E-state index contributed by atoms with van der Waals surface area (Å²) in [6, 6.07) is 1.90. The molecule has 2 saturated carbocycles. The molecule has 0 spiro atoms. The molecule has 2 heterocycles. The van der Waals surface area contributed by atoms with E-state index in [1.807, 2.05) is 0 Å². The molecule has 1 heteroatoms. The molecule has 0 aromatic heterocycles. The molecule has 0 amide bonds. The minimum absolute atomic E-state index is 0.946. The van der Waals surface area contributed by atoms with Gasteiger partial charge in [0.25, 0.3) is 0 Å². The van der Waals surface area contributed by atoms with Crippen LogP contribution in [0.4, 0.5) is 0 Å². The monoisotopic (exact) mass is 289 g/mol. The van der Waals surface area contributed by atoms with E-state index >= 15 is 0 Å². The minimum atomic E-state index is 0.946. The van der Waals surface area contributed by atoms with Crippen LogP contribution in [0.1, 0.15) is 83.5 Å². The van der Waals surface area contributed by atoms with Gasteiger partial charge in [-0.05, 0) is 50.0 Å². The van der Waals surface area contributed by atoms with Crippen LogP contribution >= 0.6 is 0 Å². The zero-order valence-corrected chi connectivity index (χ0v) is 14.1. The van der Waals surface area contributed by atoms with Gasteiger partial charge in [-0.15, -0.1) is 0 Å². The maximum absolute atomic E-state index is 2.82. The molecule has 0 radical (unpaired) electrons. The van der Waals surface area contributed by atoms with Crippen LogP contribution in [0.25, 0.3) is 0 Å². The molecule has 0 aromatic rings. The standard InChI is InChI=1S/C20H35N/c1-21-17-12-13-19(21)20(16-10-6-3-7-11-16)18(14-17)15-8-4-2-5-9-15/h15-20H,2-14H2,1H3/t17-,18-,19?,20?/m1/s1. The maximum Gasteiger partial charge on any atom is 0.0129 e. The fraction of sp³-hybridized carbons (Fsp3) is 1.00. The third-order valence-electron chi connectivity index (χ3n) is 7.83. The van der Waals surface area contributed by atoms with Gasteiger partial charge in [0.1, 0.15) is 0 Å². The molecule has 2 saturated heterocycles. The Morgan fingerprint density at radius 3 is 1.95 bits per heavy atom. The molecule has 2 unspecified atom stereocenters. The maximum atomic E-state index is 2.82. The van der Waals surface area contributed by atoms with E-state index in [2.05, 4.69) is 11.9 Å². The van der Waals surface area contributed by atoms with Crippen molar-refractivity contribution in [2.75, 3.05) is 7.05 Å². The van der Waals surface area contributed by atoms with Gasteiger partial charge in [0.05, 0.1) is 0 Å². The molecular formula is C20H35N. The highest BCUT2D eigenvalue weighted by Crippen LogP contribution is 2.52. The predicted octanol–water partition coefficient (Wildman–Crippen LogP) is 5.25. The van der Waals surface area contributed by atoms with Gasteiger partial charge in [0.2, 0.25) is 0 Å². The van der Waals surface area contributed by atoms with Crippen molar-refractivity contribution in [3.63, 3.8) is 0 Å². The molecule has 120 valence electrons. The van der Waals surface area contributed by atoms with E-state index in [4.69, 9.17) is 0 Å². The minimum Gasteiger partial charge on any atom is -0.300 e. The molecule has 4 aliphatic rings. The van der Waals surface area contributed by atoms with Gasteiger partial charge in [0.15, 0.2) is 0 Å². The summed E-state index contributed by atoms with van der Waals surface area (Å²) in [5, 5.41) is 0. The summed E-state index contributed by atoms with van der Waals surface area (Å²) in [6.07, 6.45) is 20.0. The van der Waals surface area contributed by atoms with Crippen molar-refractivity contribution in [2.24, 2.45) is 23.7 Å². The third kappa shape index (κ3) is 2.69. The van der Waals surface area contributed by atoms with Crippen LogP contribution in [-0.4, -0.2) is 24.0 Å².